The molecule has 0 aliphatic rings. The van der Waals surface area contributed by atoms with E-state index < -0.39 is 5.91 Å². The fraction of sp³-hybridized carbons (Fsp3) is 0.222. The van der Waals surface area contributed by atoms with Gasteiger partial charge in [0, 0.05) is 6.42 Å². The molecule has 0 saturated carbocycles. The zero-order valence-corrected chi connectivity index (χ0v) is 12.5. The minimum Gasteiger partial charge on any atom is -0.440 e. The van der Waals surface area contributed by atoms with Crippen molar-refractivity contribution < 1.29 is 9.21 Å². The van der Waals surface area contributed by atoms with Crippen molar-refractivity contribution in [2.24, 2.45) is 5.73 Å². The van der Waals surface area contributed by atoms with E-state index in [0.29, 0.717) is 17.0 Å². The summed E-state index contributed by atoms with van der Waals surface area (Å²) < 4.78 is 5.77. The van der Waals surface area contributed by atoms with Crippen molar-refractivity contribution >= 4 is 17.0 Å². The molecule has 3 aromatic rings. The molecule has 0 saturated heterocycles. The highest BCUT2D eigenvalue weighted by Gasteiger charge is 2.17. The standard InChI is InChI=1S/C18H18N2O2/c1-2-6-15-20-16-13(11-12-7-4-3-5-8-12)9-10-14(18(19)21)17(16)22-15/h3-5,7-10H,2,6,11H2,1H3,(H2,19,21). The summed E-state index contributed by atoms with van der Waals surface area (Å²) in [5, 5.41) is 0. The highest BCUT2D eigenvalue weighted by atomic mass is 16.3. The molecule has 0 spiro atoms. The first kappa shape index (κ1) is 14.3. The number of oxazole rings is 1. The van der Waals surface area contributed by atoms with Gasteiger partial charge in [-0.1, -0.05) is 43.3 Å². The molecule has 0 radical (unpaired) electrons. The first-order valence-electron chi connectivity index (χ1n) is 7.44. The first-order valence-corrected chi connectivity index (χ1v) is 7.44. The fourth-order valence-electron chi connectivity index (χ4n) is 2.58. The van der Waals surface area contributed by atoms with Crippen LogP contribution < -0.4 is 5.73 Å². The van der Waals surface area contributed by atoms with E-state index in [1.807, 2.05) is 24.3 Å². The van der Waals surface area contributed by atoms with Gasteiger partial charge >= 0.3 is 0 Å². The molecule has 112 valence electrons. The van der Waals surface area contributed by atoms with Crippen molar-refractivity contribution in [1.82, 2.24) is 4.98 Å². The number of amides is 1. The zero-order valence-electron chi connectivity index (χ0n) is 12.5. The molecule has 4 nitrogen and oxygen atoms in total. The number of benzene rings is 2. The normalized spacial score (nSPS) is 11.0. The van der Waals surface area contributed by atoms with Gasteiger partial charge in [-0.2, -0.15) is 0 Å². The number of fused-ring (bicyclic) bond motifs is 1. The van der Waals surface area contributed by atoms with Gasteiger partial charge in [-0.25, -0.2) is 4.98 Å². The Bertz CT molecular complexity index is 807. The summed E-state index contributed by atoms with van der Waals surface area (Å²) in [5.74, 6) is 0.163. The SMILES string of the molecule is CCCc1nc2c(Cc3ccccc3)ccc(C(N)=O)c2o1. The third kappa shape index (κ3) is 2.72. The Balaban J connectivity index is 2.10. The van der Waals surface area contributed by atoms with Crippen molar-refractivity contribution in [3.05, 3.63) is 65.0 Å². The third-order valence-electron chi connectivity index (χ3n) is 3.64. The molecule has 0 bridgehead atoms. The smallest absolute Gasteiger partial charge is 0.252 e. The lowest BCUT2D eigenvalue weighted by molar-refractivity contribution is 0.100. The van der Waals surface area contributed by atoms with E-state index in [1.54, 1.807) is 6.07 Å². The molecular weight excluding hydrogens is 276 g/mol. The Labute approximate surface area is 129 Å². The summed E-state index contributed by atoms with van der Waals surface area (Å²) in [6.45, 7) is 2.06. The predicted octanol–water partition coefficient (Wildman–Crippen LogP) is 3.47. The van der Waals surface area contributed by atoms with Crippen LogP contribution >= 0.6 is 0 Å². The maximum absolute atomic E-state index is 11.6. The second kappa shape index (κ2) is 6.02. The average Bonchev–Trinajstić information content (AvgIpc) is 2.92. The highest BCUT2D eigenvalue weighted by molar-refractivity contribution is 6.04. The van der Waals surface area contributed by atoms with Crippen molar-refractivity contribution in [3.8, 4) is 0 Å². The summed E-state index contributed by atoms with van der Waals surface area (Å²) in [6.07, 6.45) is 2.43. The molecule has 22 heavy (non-hydrogen) atoms. The van der Waals surface area contributed by atoms with Crippen LogP contribution in [0, 0.1) is 0 Å². The number of aryl methyl sites for hydroxylation is 1. The summed E-state index contributed by atoms with van der Waals surface area (Å²) in [6, 6.07) is 13.8. The van der Waals surface area contributed by atoms with E-state index in [-0.39, 0.29) is 0 Å². The summed E-state index contributed by atoms with van der Waals surface area (Å²) in [5.41, 5.74) is 9.30. The van der Waals surface area contributed by atoms with Crippen LogP contribution in [0.15, 0.2) is 46.9 Å². The maximum atomic E-state index is 11.6. The summed E-state index contributed by atoms with van der Waals surface area (Å²) in [7, 11) is 0. The number of hydrogen-bond acceptors (Lipinski definition) is 3. The van der Waals surface area contributed by atoms with Gasteiger partial charge in [0.05, 0.1) is 5.56 Å². The molecule has 1 amide bonds. The molecule has 0 aliphatic carbocycles. The van der Waals surface area contributed by atoms with Crippen LogP contribution in [-0.2, 0) is 12.8 Å². The number of aromatic nitrogens is 1. The molecule has 0 fully saturated rings. The zero-order chi connectivity index (χ0) is 15.5. The second-order valence-corrected chi connectivity index (χ2v) is 5.33. The molecular formula is C18H18N2O2. The van der Waals surface area contributed by atoms with Crippen LogP contribution in [0.5, 0.6) is 0 Å². The monoisotopic (exact) mass is 294 g/mol. The molecule has 1 aromatic heterocycles. The van der Waals surface area contributed by atoms with E-state index in [9.17, 15) is 4.79 Å². The molecule has 0 atom stereocenters. The fourth-order valence-corrected chi connectivity index (χ4v) is 2.58. The minimum atomic E-state index is -0.490. The van der Waals surface area contributed by atoms with Gasteiger partial charge in [0.1, 0.15) is 5.52 Å². The number of nitrogens with two attached hydrogens (primary N) is 1. The van der Waals surface area contributed by atoms with Crippen molar-refractivity contribution in [2.45, 2.75) is 26.2 Å². The van der Waals surface area contributed by atoms with Crippen LogP contribution in [0.1, 0.15) is 40.7 Å². The van der Waals surface area contributed by atoms with E-state index in [4.69, 9.17) is 10.2 Å². The number of carbonyl (C=O) groups is 1. The second-order valence-electron chi connectivity index (χ2n) is 5.33. The molecule has 2 N–H and O–H groups in total. The molecule has 4 heteroatoms. The lowest BCUT2D eigenvalue weighted by Gasteiger charge is -2.04. The van der Waals surface area contributed by atoms with E-state index >= 15 is 0 Å². The number of nitrogens with zero attached hydrogens (tertiary/aromatic N) is 1. The summed E-state index contributed by atoms with van der Waals surface area (Å²) in [4.78, 5) is 16.2. The van der Waals surface area contributed by atoms with Gasteiger partial charge in [0.15, 0.2) is 11.5 Å². The number of carbonyl (C=O) groups excluding carboxylic acids is 1. The first-order chi connectivity index (χ1) is 10.7. The molecule has 1 heterocycles. The number of rotatable bonds is 5. The quantitative estimate of drug-likeness (QED) is 0.783. The van der Waals surface area contributed by atoms with Crippen molar-refractivity contribution in [2.75, 3.05) is 0 Å². The summed E-state index contributed by atoms with van der Waals surface area (Å²) >= 11 is 0. The molecule has 0 unspecified atom stereocenters. The number of primary amides is 1. The predicted molar refractivity (Wildman–Crippen MR) is 85.8 cm³/mol. The highest BCUT2D eigenvalue weighted by Crippen LogP contribution is 2.26. The van der Waals surface area contributed by atoms with Crippen LogP contribution in [0.3, 0.4) is 0 Å². The largest absolute Gasteiger partial charge is 0.440 e. The Morgan fingerprint density at radius 1 is 1.18 bits per heavy atom. The van der Waals surface area contributed by atoms with Gasteiger partial charge < -0.3 is 10.2 Å². The van der Waals surface area contributed by atoms with Gasteiger partial charge in [0.25, 0.3) is 5.91 Å². The number of hydrogen-bond donors (Lipinski definition) is 1. The molecule has 0 aliphatic heterocycles. The van der Waals surface area contributed by atoms with Gasteiger partial charge in [-0.05, 0) is 30.0 Å². The Morgan fingerprint density at radius 3 is 2.64 bits per heavy atom. The van der Waals surface area contributed by atoms with Crippen molar-refractivity contribution in [3.63, 3.8) is 0 Å². The Kier molecular flexibility index (Phi) is 3.92. The van der Waals surface area contributed by atoms with Gasteiger partial charge in [-0.15, -0.1) is 0 Å². The maximum Gasteiger partial charge on any atom is 0.252 e. The molecule has 2 aromatic carbocycles. The van der Waals surface area contributed by atoms with Gasteiger partial charge in [-0.3, -0.25) is 4.79 Å². The van der Waals surface area contributed by atoms with Crippen LogP contribution in [0.2, 0.25) is 0 Å². The Morgan fingerprint density at radius 2 is 1.95 bits per heavy atom. The van der Waals surface area contributed by atoms with Crippen LogP contribution in [0.25, 0.3) is 11.1 Å². The minimum absolute atomic E-state index is 0.390. The lowest BCUT2D eigenvalue weighted by Crippen LogP contribution is -2.11. The van der Waals surface area contributed by atoms with Crippen LogP contribution in [-0.4, -0.2) is 10.9 Å². The van der Waals surface area contributed by atoms with E-state index in [0.717, 1.165) is 30.3 Å². The van der Waals surface area contributed by atoms with Crippen molar-refractivity contribution in [1.29, 1.82) is 0 Å². The Hall–Kier alpha value is -2.62. The van der Waals surface area contributed by atoms with E-state index in [2.05, 4.69) is 24.0 Å². The topological polar surface area (TPSA) is 69.1 Å². The average molecular weight is 294 g/mol. The van der Waals surface area contributed by atoms with E-state index in [1.165, 1.54) is 5.56 Å². The third-order valence-corrected chi connectivity index (χ3v) is 3.64. The molecule has 3 rings (SSSR count). The lowest BCUT2D eigenvalue weighted by atomic mass is 10.0. The van der Waals surface area contributed by atoms with Gasteiger partial charge in [0.2, 0.25) is 0 Å². The van der Waals surface area contributed by atoms with Crippen LogP contribution in [0.4, 0.5) is 0 Å².